The van der Waals surface area contributed by atoms with Gasteiger partial charge in [0.25, 0.3) is 0 Å². The van der Waals surface area contributed by atoms with Crippen molar-refractivity contribution in [2.75, 3.05) is 19.8 Å². The van der Waals surface area contributed by atoms with E-state index in [0.717, 1.165) is 0 Å². The van der Waals surface area contributed by atoms with Crippen molar-refractivity contribution in [3.8, 4) is 22.1 Å². The van der Waals surface area contributed by atoms with Gasteiger partial charge in [-0.1, -0.05) is 24.3 Å². The Hall–Kier alpha value is -4.19. The molecular weight excluding hydrogens is 672 g/mol. The van der Waals surface area contributed by atoms with E-state index in [-0.39, 0.29) is 28.9 Å². The van der Waals surface area contributed by atoms with Gasteiger partial charge in [-0.25, -0.2) is 4.79 Å². The number of carbonyl (C=O) groups is 1. The standard InChI is InChI=1S/C39H33F4O6S/c40-38(41)23-46-37(47-24-39(38,42)43)18-17-35-19-25(37)20-36(35,22-35)49-34(44)21-45-26-9-11-27(12-10-26)48-28-13-15-29(16-14-28)50-32-7-3-1-5-30(32)31-6-2-4-8-33(31)50/h1-16,25H,17-24H2/q+1. The molecule has 4 aliphatic rings. The normalized spacial score (nSPS) is 27.1. The van der Waals surface area contributed by atoms with Crippen molar-refractivity contribution in [1.82, 2.24) is 0 Å². The van der Waals surface area contributed by atoms with Crippen LogP contribution in [0.2, 0.25) is 0 Å². The van der Waals surface area contributed by atoms with Crippen molar-refractivity contribution in [1.29, 1.82) is 0 Å². The van der Waals surface area contributed by atoms with Gasteiger partial charge in [-0.15, -0.1) is 0 Å². The minimum atomic E-state index is -4.32. The topological polar surface area (TPSA) is 63.2 Å². The summed E-state index contributed by atoms with van der Waals surface area (Å²) in [6, 6.07) is 32.2. The first kappa shape index (κ1) is 31.8. The van der Waals surface area contributed by atoms with Gasteiger partial charge in [-0.05, 0) is 86.3 Å². The molecule has 3 atom stereocenters. The highest BCUT2D eigenvalue weighted by Crippen LogP contribution is 2.77. The van der Waals surface area contributed by atoms with Crippen LogP contribution in [0.4, 0.5) is 17.6 Å². The molecule has 6 nitrogen and oxygen atoms in total. The average molecular weight is 706 g/mol. The predicted molar refractivity (Wildman–Crippen MR) is 180 cm³/mol. The average Bonchev–Trinajstić information content (AvgIpc) is 3.45. The summed E-state index contributed by atoms with van der Waals surface area (Å²) in [7, 11) is -0.188. The van der Waals surface area contributed by atoms with Crippen LogP contribution >= 0.6 is 10.5 Å². The van der Waals surface area contributed by atoms with Crippen LogP contribution in [0, 0.1) is 11.3 Å². The molecule has 0 amide bonds. The van der Waals surface area contributed by atoms with E-state index in [0.29, 0.717) is 42.9 Å². The second kappa shape index (κ2) is 11.2. The van der Waals surface area contributed by atoms with Crippen molar-refractivity contribution in [3.63, 3.8) is 0 Å². The van der Waals surface area contributed by atoms with Gasteiger partial charge >= 0.3 is 17.8 Å². The first-order valence-electron chi connectivity index (χ1n) is 16.7. The zero-order valence-electron chi connectivity index (χ0n) is 26.8. The second-order valence-corrected chi connectivity index (χ2v) is 15.9. The van der Waals surface area contributed by atoms with E-state index in [1.165, 1.54) is 25.1 Å². The highest BCUT2D eigenvalue weighted by atomic mass is 32.2. The number of ether oxygens (including phenoxy) is 5. The lowest BCUT2D eigenvalue weighted by Gasteiger charge is -2.42. The summed E-state index contributed by atoms with van der Waals surface area (Å²) in [6.07, 6.45) is 2.12. The monoisotopic (exact) mass is 705 g/mol. The lowest BCUT2D eigenvalue weighted by Crippen LogP contribution is -2.46. The minimum Gasteiger partial charge on any atom is -0.482 e. The SMILES string of the molecule is O=C(COc1ccc(Oc2ccc(-[s+]3c4ccccc4c4ccccc43)cc2)cc1)OC12CC3CC1(CCC31OCC(F)(F)C(F)(F)CO1)C2. The lowest BCUT2D eigenvalue weighted by molar-refractivity contribution is -0.280. The molecule has 4 fully saturated rings. The number of benzene rings is 4. The first-order valence-corrected chi connectivity index (χ1v) is 17.9. The molecular formula is C39H33F4O6S+. The van der Waals surface area contributed by atoms with Gasteiger partial charge in [0.05, 0.1) is 0 Å². The minimum absolute atomic E-state index is 0.188. The Morgan fingerprint density at radius 1 is 0.720 bits per heavy atom. The van der Waals surface area contributed by atoms with E-state index in [4.69, 9.17) is 23.7 Å². The summed E-state index contributed by atoms with van der Waals surface area (Å²) >= 11 is 0. The van der Waals surface area contributed by atoms with Crippen LogP contribution in [-0.4, -0.2) is 49.0 Å². The zero-order chi connectivity index (χ0) is 34.4. The van der Waals surface area contributed by atoms with Crippen molar-refractivity contribution in [3.05, 3.63) is 97.1 Å². The molecule has 0 N–H and O–H groups in total. The van der Waals surface area contributed by atoms with Gasteiger partial charge in [-0.2, -0.15) is 17.6 Å². The Morgan fingerprint density at radius 3 is 1.90 bits per heavy atom. The van der Waals surface area contributed by atoms with Gasteiger partial charge in [0, 0.05) is 51.1 Å². The molecule has 1 aromatic heterocycles. The first-order chi connectivity index (χ1) is 24.0. The predicted octanol–water partition coefficient (Wildman–Crippen LogP) is 9.79. The van der Waals surface area contributed by atoms with E-state index in [1.54, 1.807) is 24.3 Å². The van der Waals surface area contributed by atoms with Crippen molar-refractivity contribution >= 4 is 36.6 Å². The summed E-state index contributed by atoms with van der Waals surface area (Å²) in [5.41, 5.74) is -1.10. The highest BCUT2D eigenvalue weighted by molar-refractivity contribution is 7.50. The van der Waals surface area contributed by atoms with Gasteiger partial charge in [0.2, 0.25) is 0 Å². The Kier molecular flexibility index (Phi) is 7.09. The Labute approximate surface area is 287 Å². The molecule has 1 aliphatic heterocycles. The summed E-state index contributed by atoms with van der Waals surface area (Å²) in [6.45, 7) is -3.15. The van der Waals surface area contributed by atoms with E-state index < -0.39 is 48.3 Å². The molecule has 3 unspecified atom stereocenters. The fourth-order valence-electron chi connectivity index (χ4n) is 8.46. The molecule has 258 valence electrons. The maximum absolute atomic E-state index is 14.0. The summed E-state index contributed by atoms with van der Waals surface area (Å²) in [4.78, 5) is 14.1. The van der Waals surface area contributed by atoms with Crippen LogP contribution in [0.3, 0.4) is 0 Å². The molecule has 2 bridgehead atoms. The third-order valence-electron chi connectivity index (χ3n) is 11.1. The van der Waals surface area contributed by atoms with Gasteiger partial charge < -0.3 is 23.7 Å². The number of esters is 1. The van der Waals surface area contributed by atoms with Crippen molar-refractivity contribution in [2.24, 2.45) is 11.3 Å². The van der Waals surface area contributed by atoms with Gasteiger partial charge in [0.1, 0.15) is 36.1 Å². The summed E-state index contributed by atoms with van der Waals surface area (Å²) < 4.78 is 87.2. The second-order valence-electron chi connectivity index (χ2n) is 14.0. The van der Waals surface area contributed by atoms with Gasteiger partial charge in [-0.3, -0.25) is 0 Å². The number of thiophene rings is 1. The molecule has 3 aliphatic carbocycles. The van der Waals surface area contributed by atoms with Gasteiger partial charge in [0.15, 0.2) is 26.7 Å². The molecule has 1 saturated heterocycles. The Balaban J connectivity index is 0.808. The summed E-state index contributed by atoms with van der Waals surface area (Å²) in [5, 5.41) is 2.56. The zero-order valence-corrected chi connectivity index (χ0v) is 27.7. The molecule has 4 aromatic carbocycles. The number of carbonyl (C=O) groups excluding carboxylic acids is 1. The summed E-state index contributed by atoms with van der Waals surface area (Å²) in [5.74, 6) is -9.39. The number of hydrogen-bond donors (Lipinski definition) is 0. The van der Waals surface area contributed by atoms with Crippen LogP contribution in [0.1, 0.15) is 32.1 Å². The Bertz CT molecular complexity index is 2040. The number of alkyl halides is 4. The smallest absolute Gasteiger partial charge is 0.344 e. The molecule has 0 radical (unpaired) electrons. The fraction of sp³-hybridized carbons (Fsp3) is 0.359. The van der Waals surface area contributed by atoms with Crippen LogP contribution in [0.5, 0.6) is 17.2 Å². The van der Waals surface area contributed by atoms with Crippen molar-refractivity contribution in [2.45, 2.75) is 55.3 Å². The van der Waals surface area contributed by atoms with Crippen LogP contribution < -0.4 is 9.47 Å². The molecule has 3 saturated carbocycles. The quantitative estimate of drug-likeness (QED) is 0.0955. The van der Waals surface area contributed by atoms with Crippen LogP contribution in [-0.2, 0) is 19.0 Å². The molecule has 50 heavy (non-hydrogen) atoms. The number of halogens is 4. The maximum atomic E-state index is 14.0. The van der Waals surface area contributed by atoms with E-state index in [9.17, 15) is 22.4 Å². The number of rotatable bonds is 7. The third kappa shape index (κ3) is 4.99. The van der Waals surface area contributed by atoms with Crippen LogP contribution in [0.15, 0.2) is 97.1 Å². The number of hydrogen-bond acceptors (Lipinski definition) is 6. The fourth-order valence-corrected chi connectivity index (χ4v) is 10.8. The van der Waals surface area contributed by atoms with E-state index in [1.807, 2.05) is 12.1 Å². The maximum Gasteiger partial charge on any atom is 0.344 e. The molecule has 9 rings (SSSR count). The lowest BCUT2D eigenvalue weighted by atomic mass is 9.78. The highest BCUT2D eigenvalue weighted by Gasteiger charge is 2.80. The van der Waals surface area contributed by atoms with Crippen LogP contribution in [0.25, 0.3) is 25.1 Å². The molecule has 5 aromatic rings. The van der Waals surface area contributed by atoms with E-state index in [2.05, 4.69) is 60.7 Å². The Morgan fingerprint density at radius 2 is 1.28 bits per heavy atom. The van der Waals surface area contributed by atoms with Crippen molar-refractivity contribution < 1.29 is 46.0 Å². The van der Waals surface area contributed by atoms with E-state index >= 15 is 0 Å². The third-order valence-corrected chi connectivity index (χ3v) is 13.4. The molecule has 2 heterocycles. The molecule has 2 spiro atoms. The molecule has 11 heteroatoms. The number of fused-ring (bicyclic) bond motifs is 5. The largest absolute Gasteiger partial charge is 0.482 e.